The summed E-state index contributed by atoms with van der Waals surface area (Å²) in [5, 5.41) is 14.2. The summed E-state index contributed by atoms with van der Waals surface area (Å²) in [7, 11) is 0. The van der Waals surface area contributed by atoms with Gasteiger partial charge in [0.25, 0.3) is 0 Å². The third-order valence-electron chi connectivity index (χ3n) is 7.56. The van der Waals surface area contributed by atoms with Crippen molar-refractivity contribution in [2.45, 2.75) is 39.1 Å². The van der Waals surface area contributed by atoms with Crippen molar-refractivity contribution in [3.05, 3.63) is 162 Å². The minimum absolute atomic E-state index is 0.143. The first-order valence-electron chi connectivity index (χ1n) is 16.1. The predicted molar refractivity (Wildman–Crippen MR) is 194 cm³/mol. The molecule has 0 amide bonds. The summed E-state index contributed by atoms with van der Waals surface area (Å²) in [6.45, 7) is 15.5. The van der Waals surface area contributed by atoms with Crippen LogP contribution in [0.4, 0.5) is 0 Å². The lowest BCUT2D eigenvalue weighted by atomic mass is 10.1. The molecule has 3 aromatic rings. The van der Waals surface area contributed by atoms with Crippen LogP contribution >= 0.6 is 0 Å². The van der Waals surface area contributed by atoms with Crippen molar-refractivity contribution >= 4 is 0 Å². The predicted octanol–water partition coefficient (Wildman–Crippen LogP) is 7.77. The van der Waals surface area contributed by atoms with E-state index in [1.807, 2.05) is 80.6 Å². The molecule has 7 heteroatoms. The number of aliphatic hydroxyl groups is 1. The fourth-order valence-corrected chi connectivity index (χ4v) is 5.06. The van der Waals surface area contributed by atoms with E-state index >= 15 is 0 Å². The molecule has 0 aliphatic carbocycles. The fraction of sp³-hybridized carbons (Fsp3) is 0.300. The third kappa shape index (κ3) is 14.2. The van der Waals surface area contributed by atoms with E-state index in [2.05, 4.69) is 52.4 Å². The van der Waals surface area contributed by atoms with Crippen LogP contribution in [0.5, 0.6) is 11.5 Å². The molecular weight excluding hydrogens is 586 g/mol. The molecule has 47 heavy (non-hydrogen) atoms. The number of benzene rings is 3. The van der Waals surface area contributed by atoms with Crippen molar-refractivity contribution in [2.75, 3.05) is 39.4 Å². The van der Waals surface area contributed by atoms with Crippen LogP contribution in [0.2, 0.25) is 0 Å². The number of rotatable bonds is 22. The molecule has 3 aromatic carbocycles. The van der Waals surface area contributed by atoms with Crippen LogP contribution in [0.25, 0.3) is 0 Å². The van der Waals surface area contributed by atoms with Gasteiger partial charge in [0.1, 0.15) is 36.9 Å². The molecule has 0 spiro atoms. The number of hydrogen-bond acceptors (Lipinski definition) is 7. The highest BCUT2D eigenvalue weighted by molar-refractivity contribution is 5.31. The smallest absolute Gasteiger partial charge is 0.138 e. The summed E-state index contributed by atoms with van der Waals surface area (Å²) in [4.78, 5) is 16.2. The van der Waals surface area contributed by atoms with Crippen LogP contribution in [0.15, 0.2) is 151 Å². The Balaban J connectivity index is 1.53. The van der Waals surface area contributed by atoms with Gasteiger partial charge >= 0.3 is 0 Å². The highest BCUT2D eigenvalue weighted by Crippen LogP contribution is 2.19. The van der Waals surface area contributed by atoms with Crippen LogP contribution < -0.4 is 9.47 Å². The lowest BCUT2D eigenvalue weighted by Crippen LogP contribution is -2.37. The first kappa shape index (κ1) is 36.9. The standard InChI is InChI=1S/C40H49N3O4/c1-5-9-16-34(8-4)26-42(25-33(6-2)7-3)29-37(41-45)31-46-39-21-23-40(24-22-39)47-32-38(44)30-43(27-35-17-12-10-13-18-35)28-36-19-14-11-15-20-36/h5-24,37-38,44H,1-2,25-32H2,3-4H3/b16-9-,33-7+,34-8+. The van der Waals surface area contributed by atoms with E-state index in [0.717, 1.165) is 24.2 Å². The van der Waals surface area contributed by atoms with Gasteiger partial charge in [-0.15, -0.1) is 0 Å². The number of aliphatic hydroxyl groups excluding tert-OH is 1. The van der Waals surface area contributed by atoms with Crippen LogP contribution in [0.3, 0.4) is 0 Å². The fourth-order valence-electron chi connectivity index (χ4n) is 5.06. The van der Waals surface area contributed by atoms with Crippen LogP contribution in [-0.2, 0) is 13.1 Å². The summed E-state index contributed by atoms with van der Waals surface area (Å²) >= 11 is 0. The molecule has 7 nitrogen and oxygen atoms in total. The molecule has 0 aromatic heterocycles. The van der Waals surface area contributed by atoms with E-state index in [1.165, 1.54) is 11.1 Å². The molecule has 0 aliphatic heterocycles. The van der Waals surface area contributed by atoms with Gasteiger partial charge in [0.05, 0.1) is 0 Å². The van der Waals surface area contributed by atoms with E-state index in [4.69, 9.17) is 9.47 Å². The Morgan fingerprint density at radius 3 is 1.79 bits per heavy atom. The van der Waals surface area contributed by atoms with Gasteiger partial charge in [-0.1, -0.05) is 115 Å². The van der Waals surface area contributed by atoms with Gasteiger partial charge in [0.15, 0.2) is 0 Å². The Labute approximate surface area is 280 Å². The molecule has 0 radical (unpaired) electrons. The Kier molecular flexibility index (Phi) is 16.7. The van der Waals surface area contributed by atoms with Crippen molar-refractivity contribution in [1.29, 1.82) is 0 Å². The topological polar surface area (TPSA) is 74.6 Å². The number of nitrogens with zero attached hydrogens (tertiary/aromatic N) is 3. The average Bonchev–Trinajstić information content (AvgIpc) is 3.10. The third-order valence-corrected chi connectivity index (χ3v) is 7.56. The van der Waals surface area contributed by atoms with Gasteiger partial charge in [-0.3, -0.25) is 9.80 Å². The zero-order valence-corrected chi connectivity index (χ0v) is 27.8. The van der Waals surface area contributed by atoms with E-state index in [1.54, 1.807) is 30.3 Å². The Bertz CT molecular complexity index is 1390. The molecule has 0 saturated carbocycles. The minimum Gasteiger partial charge on any atom is -0.491 e. The molecule has 0 heterocycles. The largest absolute Gasteiger partial charge is 0.491 e. The molecule has 248 valence electrons. The Morgan fingerprint density at radius 2 is 1.30 bits per heavy atom. The normalized spacial score (nSPS) is 13.5. The summed E-state index contributed by atoms with van der Waals surface area (Å²) < 4.78 is 11.9. The molecule has 2 atom stereocenters. The second-order valence-electron chi connectivity index (χ2n) is 11.3. The first-order valence-corrected chi connectivity index (χ1v) is 16.1. The molecule has 0 bridgehead atoms. The molecule has 0 fully saturated rings. The molecule has 2 unspecified atom stereocenters. The summed E-state index contributed by atoms with van der Waals surface area (Å²) in [5.74, 6) is 1.23. The SMILES string of the molecule is C=C/C=C\C(=C/C)CN(C/C(C=C)=C/C)CC(COc1ccc(OCC(O)CN(Cc2ccccc2)Cc2ccccc2)cc1)N=O. The highest BCUT2D eigenvalue weighted by atomic mass is 16.5. The first-order chi connectivity index (χ1) is 23.0. The van der Waals surface area contributed by atoms with Crippen molar-refractivity contribution < 1.29 is 14.6 Å². The van der Waals surface area contributed by atoms with Crippen LogP contribution in [-0.4, -0.2) is 66.4 Å². The average molecular weight is 636 g/mol. The van der Waals surface area contributed by atoms with Gasteiger partial charge in [-0.25, -0.2) is 0 Å². The van der Waals surface area contributed by atoms with E-state index in [9.17, 15) is 10.0 Å². The lowest BCUT2D eigenvalue weighted by molar-refractivity contribution is 0.0628. The number of ether oxygens (including phenoxy) is 2. The van der Waals surface area contributed by atoms with Gasteiger partial charge in [0, 0.05) is 39.3 Å². The molecular formula is C40H49N3O4. The highest BCUT2D eigenvalue weighted by Gasteiger charge is 2.18. The summed E-state index contributed by atoms with van der Waals surface area (Å²) in [6.07, 6.45) is 10.9. The van der Waals surface area contributed by atoms with Gasteiger partial charge in [-0.05, 0) is 60.4 Å². The van der Waals surface area contributed by atoms with Crippen molar-refractivity contribution in [3.63, 3.8) is 0 Å². The zero-order valence-electron chi connectivity index (χ0n) is 27.8. The molecule has 3 rings (SSSR count). The Morgan fingerprint density at radius 1 is 0.766 bits per heavy atom. The summed E-state index contributed by atoms with van der Waals surface area (Å²) in [6, 6.07) is 27.1. The molecule has 0 aliphatic rings. The quantitative estimate of drug-likeness (QED) is 0.0899. The van der Waals surface area contributed by atoms with E-state index in [-0.39, 0.29) is 13.2 Å². The van der Waals surface area contributed by atoms with E-state index in [0.29, 0.717) is 37.7 Å². The van der Waals surface area contributed by atoms with Crippen LogP contribution in [0, 0.1) is 4.91 Å². The zero-order chi connectivity index (χ0) is 33.7. The van der Waals surface area contributed by atoms with Crippen molar-refractivity contribution in [1.82, 2.24) is 9.80 Å². The van der Waals surface area contributed by atoms with Gasteiger partial charge in [-0.2, -0.15) is 4.91 Å². The Hall–Kier alpha value is -4.56. The monoisotopic (exact) mass is 635 g/mol. The maximum absolute atomic E-state index is 11.8. The van der Waals surface area contributed by atoms with E-state index < -0.39 is 12.1 Å². The number of allylic oxidation sites excluding steroid dienone is 4. The van der Waals surface area contributed by atoms with Gasteiger partial charge in [0.2, 0.25) is 0 Å². The van der Waals surface area contributed by atoms with Crippen LogP contribution in [0.1, 0.15) is 25.0 Å². The second kappa shape index (κ2) is 21.3. The second-order valence-corrected chi connectivity index (χ2v) is 11.3. The number of hydrogen-bond donors (Lipinski definition) is 1. The molecule has 1 N–H and O–H groups in total. The molecule has 0 saturated heterocycles. The lowest BCUT2D eigenvalue weighted by Gasteiger charge is -2.26. The maximum atomic E-state index is 11.8. The summed E-state index contributed by atoms with van der Waals surface area (Å²) in [5.41, 5.74) is 4.55. The maximum Gasteiger partial charge on any atom is 0.138 e. The number of nitroso groups, excluding NO2 is 1. The van der Waals surface area contributed by atoms with Gasteiger partial charge < -0.3 is 14.6 Å². The van der Waals surface area contributed by atoms with Crippen molar-refractivity contribution in [3.8, 4) is 11.5 Å². The minimum atomic E-state index is -0.680. The van der Waals surface area contributed by atoms with Crippen molar-refractivity contribution in [2.24, 2.45) is 5.18 Å².